The van der Waals surface area contributed by atoms with Crippen molar-refractivity contribution in [2.75, 3.05) is 11.6 Å². The summed E-state index contributed by atoms with van der Waals surface area (Å²) >= 11 is 0. The fourth-order valence-electron chi connectivity index (χ4n) is 2.04. The largest absolute Gasteiger partial charge is 0.506 e. The maximum Gasteiger partial charge on any atom is 0.141 e. The van der Waals surface area contributed by atoms with Gasteiger partial charge in [-0.25, -0.2) is 0 Å². The number of hydrogen-bond acceptors (Lipinski definition) is 3. The molecule has 16 heavy (non-hydrogen) atoms. The van der Waals surface area contributed by atoms with E-state index in [2.05, 4.69) is 5.43 Å². The van der Waals surface area contributed by atoms with E-state index in [1.165, 1.54) is 0 Å². The van der Waals surface area contributed by atoms with Crippen molar-refractivity contribution in [1.29, 1.82) is 0 Å². The van der Waals surface area contributed by atoms with E-state index in [4.69, 9.17) is 0 Å². The van der Waals surface area contributed by atoms with E-state index >= 15 is 0 Å². The molecule has 0 saturated heterocycles. The Kier molecular flexibility index (Phi) is 1.96. The number of benzene rings is 2. The fourth-order valence-corrected chi connectivity index (χ4v) is 2.04. The molecular formula is C13H12N2O. The Morgan fingerprint density at radius 2 is 2.00 bits per heavy atom. The van der Waals surface area contributed by atoms with Crippen LogP contribution in [0.4, 0.5) is 5.69 Å². The Balaban J connectivity index is 2.24. The van der Waals surface area contributed by atoms with Gasteiger partial charge in [-0.1, -0.05) is 30.3 Å². The Labute approximate surface area is 93.6 Å². The molecule has 80 valence electrons. The summed E-state index contributed by atoms with van der Waals surface area (Å²) in [6, 6.07) is 11.7. The van der Waals surface area contributed by atoms with E-state index in [1.54, 1.807) is 6.07 Å². The van der Waals surface area contributed by atoms with Gasteiger partial charge in [0.25, 0.3) is 0 Å². The molecule has 2 aromatic rings. The van der Waals surface area contributed by atoms with Gasteiger partial charge in [0, 0.05) is 11.6 Å². The van der Waals surface area contributed by atoms with Gasteiger partial charge in [-0.2, -0.15) is 0 Å². The third kappa shape index (κ3) is 1.29. The van der Waals surface area contributed by atoms with Crippen LogP contribution in [0.3, 0.4) is 0 Å². The molecule has 1 aliphatic rings. The molecule has 3 nitrogen and oxygen atoms in total. The maximum absolute atomic E-state index is 9.96. The second-order valence-electron chi connectivity index (χ2n) is 3.80. The lowest BCUT2D eigenvalue weighted by atomic mass is 10.1. The molecule has 0 radical (unpaired) electrons. The average Bonchev–Trinajstić information content (AvgIpc) is 2.82. The number of hydrogen-bond donors (Lipinski definition) is 2. The van der Waals surface area contributed by atoms with Crippen LogP contribution in [0.1, 0.15) is 0 Å². The van der Waals surface area contributed by atoms with Gasteiger partial charge in [-0.3, -0.25) is 5.01 Å². The van der Waals surface area contributed by atoms with Crippen LogP contribution in [-0.4, -0.2) is 11.7 Å². The van der Waals surface area contributed by atoms with E-state index < -0.39 is 0 Å². The standard InChI is InChI=1S/C13H12N2O/c16-12-7-6-10-4-1-2-5-11(10)13(12)15-9-3-8-14-15/h1-8,14,16H,9H2. The van der Waals surface area contributed by atoms with Crippen LogP contribution in [-0.2, 0) is 0 Å². The predicted octanol–water partition coefficient (Wildman–Crippen LogP) is 2.38. The second kappa shape index (κ2) is 3.45. The average molecular weight is 212 g/mol. The van der Waals surface area contributed by atoms with Crippen molar-refractivity contribution in [2.45, 2.75) is 0 Å². The van der Waals surface area contributed by atoms with Gasteiger partial charge in [0.15, 0.2) is 0 Å². The Morgan fingerprint density at radius 1 is 1.12 bits per heavy atom. The summed E-state index contributed by atoms with van der Waals surface area (Å²) in [5.74, 6) is 0.301. The van der Waals surface area contributed by atoms with E-state index in [0.717, 1.165) is 23.0 Å². The highest BCUT2D eigenvalue weighted by atomic mass is 16.3. The molecule has 0 unspecified atom stereocenters. The van der Waals surface area contributed by atoms with Gasteiger partial charge in [0.1, 0.15) is 11.4 Å². The number of aromatic hydroxyl groups is 1. The summed E-state index contributed by atoms with van der Waals surface area (Å²) in [6.07, 6.45) is 3.89. The number of nitrogens with one attached hydrogen (secondary N) is 1. The van der Waals surface area contributed by atoms with Gasteiger partial charge < -0.3 is 10.5 Å². The first kappa shape index (κ1) is 9.09. The number of hydrazine groups is 1. The summed E-state index contributed by atoms with van der Waals surface area (Å²) in [7, 11) is 0. The third-order valence-corrected chi connectivity index (χ3v) is 2.79. The highest BCUT2D eigenvalue weighted by Gasteiger charge is 2.14. The summed E-state index contributed by atoms with van der Waals surface area (Å²) in [4.78, 5) is 0. The number of phenols is 1. The van der Waals surface area contributed by atoms with E-state index in [-0.39, 0.29) is 0 Å². The number of rotatable bonds is 1. The predicted molar refractivity (Wildman–Crippen MR) is 65.2 cm³/mol. The molecule has 2 aromatic carbocycles. The first-order chi connectivity index (χ1) is 7.86. The molecule has 0 fully saturated rings. The van der Waals surface area contributed by atoms with E-state index in [9.17, 15) is 5.11 Å². The molecule has 2 N–H and O–H groups in total. The minimum atomic E-state index is 0.301. The lowest BCUT2D eigenvalue weighted by Gasteiger charge is -2.21. The highest BCUT2D eigenvalue weighted by molar-refractivity contribution is 5.97. The topological polar surface area (TPSA) is 35.5 Å². The van der Waals surface area contributed by atoms with Crippen LogP contribution in [0.15, 0.2) is 48.7 Å². The summed E-state index contributed by atoms with van der Waals surface area (Å²) in [5.41, 5.74) is 3.93. The minimum Gasteiger partial charge on any atom is -0.506 e. The van der Waals surface area contributed by atoms with Gasteiger partial charge in [-0.15, -0.1) is 0 Å². The molecule has 3 rings (SSSR count). The van der Waals surface area contributed by atoms with Crippen LogP contribution in [0.2, 0.25) is 0 Å². The van der Waals surface area contributed by atoms with Crippen LogP contribution in [0.25, 0.3) is 10.8 Å². The zero-order valence-electron chi connectivity index (χ0n) is 8.72. The molecular weight excluding hydrogens is 200 g/mol. The first-order valence-electron chi connectivity index (χ1n) is 5.26. The zero-order chi connectivity index (χ0) is 11.0. The van der Waals surface area contributed by atoms with Crippen molar-refractivity contribution in [3.63, 3.8) is 0 Å². The fraction of sp³-hybridized carbons (Fsp3) is 0.0769. The molecule has 0 saturated carbocycles. The molecule has 3 heteroatoms. The molecule has 0 aliphatic carbocycles. The highest BCUT2D eigenvalue weighted by Crippen LogP contribution is 2.35. The van der Waals surface area contributed by atoms with Gasteiger partial charge in [0.2, 0.25) is 0 Å². The van der Waals surface area contributed by atoms with Crippen LogP contribution >= 0.6 is 0 Å². The van der Waals surface area contributed by atoms with Crippen molar-refractivity contribution >= 4 is 16.5 Å². The molecule has 0 amide bonds. The summed E-state index contributed by atoms with van der Waals surface area (Å²) in [6.45, 7) is 0.765. The molecule has 1 aliphatic heterocycles. The van der Waals surface area contributed by atoms with Crippen LogP contribution < -0.4 is 10.4 Å². The lowest BCUT2D eigenvalue weighted by Crippen LogP contribution is -2.29. The van der Waals surface area contributed by atoms with Crippen molar-refractivity contribution < 1.29 is 5.11 Å². The van der Waals surface area contributed by atoms with Crippen molar-refractivity contribution in [3.05, 3.63) is 48.7 Å². The minimum absolute atomic E-state index is 0.301. The smallest absolute Gasteiger partial charge is 0.141 e. The monoisotopic (exact) mass is 212 g/mol. The quantitative estimate of drug-likeness (QED) is 0.761. The first-order valence-corrected chi connectivity index (χ1v) is 5.26. The Morgan fingerprint density at radius 3 is 2.81 bits per heavy atom. The number of phenolic OH excluding ortho intramolecular Hbond substituents is 1. The van der Waals surface area contributed by atoms with E-state index in [1.807, 2.05) is 47.6 Å². The van der Waals surface area contributed by atoms with Crippen LogP contribution in [0, 0.1) is 0 Å². The molecule has 0 atom stereocenters. The van der Waals surface area contributed by atoms with Crippen LogP contribution in [0.5, 0.6) is 5.75 Å². The normalized spacial score (nSPS) is 14.4. The van der Waals surface area contributed by atoms with Gasteiger partial charge in [0.05, 0.1) is 6.54 Å². The van der Waals surface area contributed by atoms with Crippen molar-refractivity contribution in [3.8, 4) is 5.75 Å². The van der Waals surface area contributed by atoms with Crippen molar-refractivity contribution in [2.24, 2.45) is 0 Å². The summed E-state index contributed by atoms with van der Waals surface area (Å²) in [5, 5.41) is 14.1. The molecule has 0 aromatic heterocycles. The molecule has 1 heterocycles. The second-order valence-corrected chi connectivity index (χ2v) is 3.80. The lowest BCUT2D eigenvalue weighted by molar-refractivity contribution is 0.474. The molecule has 0 spiro atoms. The van der Waals surface area contributed by atoms with Gasteiger partial charge in [-0.05, 0) is 17.5 Å². The number of nitrogens with zero attached hydrogens (tertiary/aromatic N) is 1. The molecule has 0 bridgehead atoms. The number of fused-ring (bicyclic) bond motifs is 1. The van der Waals surface area contributed by atoms with E-state index in [0.29, 0.717) is 5.75 Å². The third-order valence-electron chi connectivity index (χ3n) is 2.79. The Hall–Kier alpha value is -2.16. The Bertz CT molecular complexity index is 555. The maximum atomic E-state index is 9.96. The summed E-state index contributed by atoms with van der Waals surface area (Å²) < 4.78 is 0. The van der Waals surface area contributed by atoms with Crippen molar-refractivity contribution in [1.82, 2.24) is 5.43 Å². The SMILES string of the molecule is Oc1ccc2ccccc2c1N1CC=CN1. The number of anilines is 1. The van der Waals surface area contributed by atoms with Gasteiger partial charge >= 0.3 is 0 Å². The zero-order valence-corrected chi connectivity index (χ0v) is 8.72.